The third kappa shape index (κ3) is 5.48. The number of amides is 1. The Kier molecular flexibility index (Phi) is 6.13. The molecule has 156 valence electrons. The molecule has 1 amide bonds. The normalized spacial score (nSPS) is 15.2. The second kappa shape index (κ2) is 8.42. The molecule has 0 radical (unpaired) electrons. The Balaban J connectivity index is 1.63. The fourth-order valence-electron chi connectivity index (χ4n) is 2.87. The molecular formula is C19H23FN4O4S. The largest absolute Gasteiger partial charge is 0.488 e. The first-order chi connectivity index (χ1) is 13.6. The second-order valence-corrected chi connectivity index (χ2v) is 9.39. The highest BCUT2D eigenvalue weighted by Crippen LogP contribution is 2.23. The summed E-state index contributed by atoms with van der Waals surface area (Å²) in [6.07, 6.45) is 0.720. The summed E-state index contributed by atoms with van der Waals surface area (Å²) < 4.78 is 44.5. The van der Waals surface area contributed by atoms with E-state index in [1.54, 1.807) is 13.0 Å². The molecule has 1 fully saturated rings. The van der Waals surface area contributed by atoms with Gasteiger partial charge < -0.3 is 10.1 Å². The van der Waals surface area contributed by atoms with Gasteiger partial charge in [-0.05, 0) is 25.0 Å². The van der Waals surface area contributed by atoms with Crippen LogP contribution in [0.3, 0.4) is 0 Å². The van der Waals surface area contributed by atoms with Gasteiger partial charge in [-0.25, -0.2) is 22.8 Å². The maximum Gasteiger partial charge on any atom is 0.275 e. The molecule has 1 aliphatic rings. The van der Waals surface area contributed by atoms with Crippen LogP contribution in [0.1, 0.15) is 30.0 Å². The first-order valence-electron chi connectivity index (χ1n) is 9.18. The number of ether oxygens (including phenoxy) is 1. The van der Waals surface area contributed by atoms with E-state index >= 15 is 0 Å². The van der Waals surface area contributed by atoms with Gasteiger partial charge in [-0.3, -0.25) is 4.79 Å². The minimum absolute atomic E-state index is 0.0551. The highest BCUT2D eigenvalue weighted by molar-refractivity contribution is 7.89. The summed E-state index contributed by atoms with van der Waals surface area (Å²) in [6.45, 7) is 5.99. The van der Waals surface area contributed by atoms with Crippen molar-refractivity contribution >= 4 is 21.7 Å². The van der Waals surface area contributed by atoms with Gasteiger partial charge in [0.1, 0.15) is 29.2 Å². The maximum absolute atomic E-state index is 12.9. The van der Waals surface area contributed by atoms with Crippen molar-refractivity contribution in [1.82, 2.24) is 14.3 Å². The van der Waals surface area contributed by atoms with Crippen molar-refractivity contribution in [3.05, 3.63) is 47.7 Å². The first kappa shape index (κ1) is 21.1. The molecule has 0 aromatic carbocycles. The van der Waals surface area contributed by atoms with Crippen LogP contribution in [0.5, 0.6) is 5.75 Å². The number of carbonyl (C=O) groups is 1. The van der Waals surface area contributed by atoms with Gasteiger partial charge in [-0.1, -0.05) is 13.8 Å². The number of hydrogen-bond acceptors (Lipinski definition) is 6. The molecule has 3 heterocycles. The van der Waals surface area contributed by atoms with Gasteiger partial charge >= 0.3 is 0 Å². The summed E-state index contributed by atoms with van der Waals surface area (Å²) in [6, 6.07) is 5.70. The number of anilines is 1. The smallest absolute Gasteiger partial charge is 0.275 e. The van der Waals surface area contributed by atoms with E-state index in [4.69, 9.17) is 4.74 Å². The van der Waals surface area contributed by atoms with Crippen LogP contribution in [-0.4, -0.2) is 53.5 Å². The lowest BCUT2D eigenvalue weighted by atomic mass is 10.2. The summed E-state index contributed by atoms with van der Waals surface area (Å²) in [5.74, 6) is -0.215. The number of sulfonamides is 1. The van der Waals surface area contributed by atoms with E-state index in [0.29, 0.717) is 11.4 Å². The molecule has 1 aliphatic heterocycles. The quantitative estimate of drug-likeness (QED) is 0.734. The van der Waals surface area contributed by atoms with Gasteiger partial charge in [-0.15, -0.1) is 0 Å². The fraction of sp³-hybridized carbons (Fsp3) is 0.421. The van der Waals surface area contributed by atoms with Crippen molar-refractivity contribution in [2.75, 3.05) is 24.2 Å². The summed E-state index contributed by atoms with van der Waals surface area (Å²) in [7, 11) is -3.27. The molecule has 0 atom stereocenters. The van der Waals surface area contributed by atoms with Crippen LogP contribution < -0.4 is 10.1 Å². The molecule has 0 bridgehead atoms. The standard InChI is InChI=1S/C19H23FN4O4S/c1-12(2)11-29(26,27)24-9-16(10-24)28-15-6-13(3)22-17(7-15)19(25)23-18-5-4-14(20)8-21-18/h4-8,12,16H,9-11H2,1-3H3,(H,21,23,25). The number of nitrogens with one attached hydrogen (secondary N) is 1. The molecule has 1 saturated heterocycles. The SMILES string of the molecule is Cc1cc(OC2CN(S(=O)(=O)CC(C)C)C2)cc(C(=O)Nc2ccc(F)cn2)n1. The average Bonchev–Trinajstić information content (AvgIpc) is 2.58. The molecule has 29 heavy (non-hydrogen) atoms. The Morgan fingerprint density at radius 3 is 2.69 bits per heavy atom. The maximum atomic E-state index is 12.9. The van der Waals surface area contributed by atoms with E-state index in [0.717, 1.165) is 6.20 Å². The Labute approximate surface area is 169 Å². The zero-order chi connectivity index (χ0) is 21.2. The molecule has 0 saturated carbocycles. The van der Waals surface area contributed by atoms with E-state index in [9.17, 15) is 17.6 Å². The van der Waals surface area contributed by atoms with E-state index in [2.05, 4.69) is 15.3 Å². The van der Waals surface area contributed by atoms with Gasteiger partial charge in [0, 0.05) is 17.8 Å². The Hall–Kier alpha value is -2.59. The molecule has 2 aromatic heterocycles. The number of hydrogen-bond donors (Lipinski definition) is 1. The number of halogens is 1. The lowest BCUT2D eigenvalue weighted by molar-refractivity contribution is 0.0756. The van der Waals surface area contributed by atoms with Crippen LogP contribution in [0.4, 0.5) is 10.2 Å². The second-order valence-electron chi connectivity index (χ2n) is 7.37. The minimum Gasteiger partial charge on any atom is -0.488 e. The predicted molar refractivity (Wildman–Crippen MR) is 106 cm³/mol. The highest BCUT2D eigenvalue weighted by Gasteiger charge is 2.37. The number of aromatic nitrogens is 2. The third-order valence-electron chi connectivity index (χ3n) is 4.18. The van der Waals surface area contributed by atoms with Gasteiger partial charge in [-0.2, -0.15) is 4.31 Å². The average molecular weight is 422 g/mol. The van der Waals surface area contributed by atoms with Crippen LogP contribution in [0.25, 0.3) is 0 Å². The minimum atomic E-state index is -3.27. The van der Waals surface area contributed by atoms with Crippen molar-refractivity contribution in [3.8, 4) is 5.75 Å². The monoisotopic (exact) mass is 422 g/mol. The molecule has 3 rings (SSSR count). The van der Waals surface area contributed by atoms with E-state index in [-0.39, 0.29) is 42.4 Å². The van der Waals surface area contributed by atoms with Crippen molar-refractivity contribution < 1.29 is 22.3 Å². The number of carbonyl (C=O) groups excluding carboxylic acids is 1. The Bertz CT molecular complexity index is 990. The lowest BCUT2D eigenvalue weighted by Gasteiger charge is -2.38. The van der Waals surface area contributed by atoms with Crippen molar-refractivity contribution in [2.24, 2.45) is 5.92 Å². The van der Waals surface area contributed by atoms with E-state index < -0.39 is 21.7 Å². The van der Waals surface area contributed by atoms with Gasteiger partial charge in [0.05, 0.1) is 25.0 Å². The van der Waals surface area contributed by atoms with Crippen LogP contribution in [0.2, 0.25) is 0 Å². The van der Waals surface area contributed by atoms with Crippen LogP contribution in [0, 0.1) is 18.7 Å². The molecule has 0 unspecified atom stereocenters. The number of nitrogens with zero attached hydrogens (tertiary/aromatic N) is 3. The number of pyridine rings is 2. The Morgan fingerprint density at radius 1 is 1.34 bits per heavy atom. The summed E-state index contributed by atoms with van der Waals surface area (Å²) in [5.41, 5.74) is 0.693. The van der Waals surface area contributed by atoms with Gasteiger partial charge in [0.15, 0.2) is 0 Å². The third-order valence-corrected chi connectivity index (χ3v) is 6.36. The fourth-order valence-corrected chi connectivity index (χ4v) is 4.71. The van der Waals surface area contributed by atoms with Crippen LogP contribution >= 0.6 is 0 Å². The number of rotatable bonds is 7. The van der Waals surface area contributed by atoms with Crippen molar-refractivity contribution in [3.63, 3.8) is 0 Å². The number of aryl methyl sites for hydroxylation is 1. The van der Waals surface area contributed by atoms with Gasteiger partial charge in [0.25, 0.3) is 5.91 Å². The van der Waals surface area contributed by atoms with Crippen molar-refractivity contribution in [2.45, 2.75) is 26.9 Å². The van der Waals surface area contributed by atoms with Crippen LogP contribution in [-0.2, 0) is 10.0 Å². The first-order valence-corrected chi connectivity index (χ1v) is 10.8. The Morgan fingerprint density at radius 2 is 2.07 bits per heavy atom. The summed E-state index contributed by atoms with van der Waals surface area (Å²) in [4.78, 5) is 20.4. The zero-order valence-electron chi connectivity index (χ0n) is 16.4. The van der Waals surface area contributed by atoms with Crippen molar-refractivity contribution in [1.29, 1.82) is 0 Å². The molecule has 0 aliphatic carbocycles. The zero-order valence-corrected chi connectivity index (χ0v) is 17.2. The highest BCUT2D eigenvalue weighted by atomic mass is 32.2. The molecule has 1 N–H and O–H groups in total. The topological polar surface area (TPSA) is 101 Å². The summed E-state index contributed by atoms with van der Waals surface area (Å²) in [5, 5.41) is 2.54. The predicted octanol–water partition coefficient (Wildman–Crippen LogP) is 2.23. The molecule has 8 nitrogen and oxygen atoms in total. The molecular weight excluding hydrogens is 399 g/mol. The van der Waals surface area contributed by atoms with E-state index in [1.165, 1.54) is 22.5 Å². The lowest BCUT2D eigenvalue weighted by Crippen LogP contribution is -2.56. The molecule has 0 spiro atoms. The van der Waals surface area contributed by atoms with Crippen LogP contribution in [0.15, 0.2) is 30.5 Å². The molecule has 2 aromatic rings. The van der Waals surface area contributed by atoms with Gasteiger partial charge in [0.2, 0.25) is 10.0 Å². The van der Waals surface area contributed by atoms with E-state index in [1.807, 2.05) is 13.8 Å². The summed E-state index contributed by atoms with van der Waals surface area (Å²) >= 11 is 0. The molecule has 10 heteroatoms.